The maximum Gasteiger partial charge on any atom is 0.238 e. The monoisotopic (exact) mass is 271 g/mol. The van der Waals surface area contributed by atoms with Crippen LogP contribution >= 0.6 is 11.8 Å². The Bertz CT molecular complexity index is 379. The van der Waals surface area contributed by atoms with Gasteiger partial charge in [-0.15, -0.1) is 11.8 Å². The van der Waals surface area contributed by atoms with E-state index in [-0.39, 0.29) is 17.2 Å². The smallest absolute Gasteiger partial charge is 0.238 e. The molecule has 0 bridgehead atoms. The molecule has 1 amide bonds. The number of ether oxygens (including phenoxy) is 1. The number of rotatable bonds is 7. The lowest BCUT2D eigenvalue weighted by Gasteiger charge is -2.14. The molecule has 0 aliphatic carbocycles. The molecule has 1 rings (SSSR count). The number of amides is 1. The van der Waals surface area contributed by atoms with E-state index in [0.717, 1.165) is 11.6 Å². The maximum absolute atomic E-state index is 12.0. The number of carbonyl (C=O) groups is 1. The molecule has 0 radical (unpaired) electrons. The molecule has 0 aliphatic heterocycles. The van der Waals surface area contributed by atoms with Gasteiger partial charge in [-0.25, -0.2) is 4.68 Å². The molecular weight excluding hydrogens is 250 g/mol. The lowest BCUT2D eigenvalue weighted by Crippen LogP contribution is -2.25. The average molecular weight is 271 g/mol. The van der Waals surface area contributed by atoms with E-state index in [2.05, 4.69) is 10.4 Å². The van der Waals surface area contributed by atoms with Crippen LogP contribution in [0.1, 0.15) is 26.8 Å². The molecule has 1 heterocycles. The highest BCUT2D eigenvalue weighted by Crippen LogP contribution is 2.16. The van der Waals surface area contributed by atoms with Crippen LogP contribution in [0.5, 0.6) is 0 Å². The van der Waals surface area contributed by atoms with E-state index in [1.54, 1.807) is 29.8 Å². The number of nitrogens with one attached hydrogen (secondary N) is 1. The van der Waals surface area contributed by atoms with Gasteiger partial charge in [0, 0.05) is 25.0 Å². The summed E-state index contributed by atoms with van der Waals surface area (Å²) < 4.78 is 6.76. The van der Waals surface area contributed by atoms with Crippen LogP contribution in [0.2, 0.25) is 0 Å². The highest BCUT2D eigenvalue weighted by atomic mass is 32.2. The van der Waals surface area contributed by atoms with E-state index in [9.17, 15) is 4.79 Å². The fraction of sp³-hybridized carbons (Fsp3) is 0.667. The largest absolute Gasteiger partial charge is 0.384 e. The first kappa shape index (κ1) is 15.0. The van der Waals surface area contributed by atoms with E-state index in [4.69, 9.17) is 4.74 Å². The van der Waals surface area contributed by atoms with Gasteiger partial charge in [-0.05, 0) is 20.8 Å². The first-order valence-corrected chi connectivity index (χ1v) is 7.06. The number of hydrogen-bond donors (Lipinski definition) is 1. The molecule has 0 aliphatic rings. The van der Waals surface area contributed by atoms with Crippen LogP contribution in [0.3, 0.4) is 0 Å². The second-order valence-electron chi connectivity index (χ2n) is 4.25. The molecule has 1 atom stereocenters. The zero-order valence-corrected chi connectivity index (χ0v) is 12.2. The van der Waals surface area contributed by atoms with Crippen molar-refractivity contribution in [1.82, 2.24) is 9.78 Å². The van der Waals surface area contributed by atoms with Crippen molar-refractivity contribution in [2.45, 2.75) is 32.1 Å². The Morgan fingerprint density at radius 1 is 1.56 bits per heavy atom. The third kappa shape index (κ3) is 4.34. The number of aromatic nitrogens is 2. The van der Waals surface area contributed by atoms with Crippen LogP contribution in [0, 0.1) is 0 Å². The van der Waals surface area contributed by atoms with Gasteiger partial charge in [0.15, 0.2) is 0 Å². The van der Waals surface area contributed by atoms with Gasteiger partial charge >= 0.3 is 0 Å². The topological polar surface area (TPSA) is 56.1 Å². The van der Waals surface area contributed by atoms with Crippen LogP contribution in [-0.4, -0.2) is 40.4 Å². The summed E-state index contributed by atoms with van der Waals surface area (Å²) in [7, 11) is 1.66. The van der Waals surface area contributed by atoms with E-state index in [0.29, 0.717) is 6.61 Å². The molecule has 1 aromatic heterocycles. The Hall–Kier alpha value is -1.01. The van der Waals surface area contributed by atoms with E-state index in [1.807, 2.05) is 26.8 Å². The summed E-state index contributed by atoms with van der Waals surface area (Å²) in [6.45, 7) is 6.61. The molecule has 0 aromatic carbocycles. The van der Waals surface area contributed by atoms with Crippen LogP contribution in [-0.2, 0) is 9.53 Å². The summed E-state index contributed by atoms with van der Waals surface area (Å²) in [5, 5.41) is 6.98. The quantitative estimate of drug-likeness (QED) is 0.772. The fourth-order valence-corrected chi connectivity index (χ4v) is 2.26. The van der Waals surface area contributed by atoms with Gasteiger partial charge in [-0.3, -0.25) is 4.79 Å². The van der Waals surface area contributed by atoms with Crippen molar-refractivity contribution >= 4 is 23.5 Å². The Kier molecular flexibility index (Phi) is 6.21. The average Bonchev–Trinajstić information content (AvgIpc) is 2.77. The SMILES string of the molecule is COCCS[C@@H](C)C(=O)Nc1ccnn1C(C)C. The first-order valence-electron chi connectivity index (χ1n) is 6.01. The van der Waals surface area contributed by atoms with Crippen molar-refractivity contribution in [2.24, 2.45) is 0 Å². The number of methoxy groups -OCH3 is 1. The zero-order valence-electron chi connectivity index (χ0n) is 11.3. The number of hydrogen-bond acceptors (Lipinski definition) is 4. The van der Waals surface area contributed by atoms with Crippen LogP contribution in [0.4, 0.5) is 5.82 Å². The standard InChI is InChI=1S/C12H21N3O2S/c1-9(2)15-11(5-6-13-15)14-12(16)10(3)18-8-7-17-4/h5-6,9-10H,7-8H2,1-4H3,(H,14,16)/t10-/m0/s1. The second kappa shape index (κ2) is 7.43. The molecular formula is C12H21N3O2S. The number of thioether (sulfide) groups is 1. The molecule has 1 aromatic rings. The van der Waals surface area contributed by atoms with E-state index in [1.165, 1.54) is 0 Å². The molecule has 1 N–H and O–H groups in total. The predicted molar refractivity (Wildman–Crippen MR) is 75.0 cm³/mol. The van der Waals surface area contributed by atoms with Crippen molar-refractivity contribution in [3.8, 4) is 0 Å². The van der Waals surface area contributed by atoms with Crippen LogP contribution in [0.15, 0.2) is 12.3 Å². The van der Waals surface area contributed by atoms with Crippen molar-refractivity contribution in [1.29, 1.82) is 0 Å². The minimum Gasteiger partial charge on any atom is -0.384 e. The molecule has 102 valence electrons. The van der Waals surface area contributed by atoms with Crippen molar-refractivity contribution in [3.63, 3.8) is 0 Å². The highest BCUT2D eigenvalue weighted by Gasteiger charge is 2.15. The Morgan fingerprint density at radius 3 is 2.89 bits per heavy atom. The molecule has 6 heteroatoms. The zero-order chi connectivity index (χ0) is 13.5. The number of carbonyl (C=O) groups excluding carboxylic acids is 1. The summed E-state index contributed by atoms with van der Waals surface area (Å²) in [6, 6.07) is 2.04. The fourth-order valence-electron chi connectivity index (χ4n) is 1.44. The molecule has 5 nitrogen and oxygen atoms in total. The molecule has 0 unspecified atom stereocenters. The third-order valence-corrected chi connectivity index (χ3v) is 3.55. The predicted octanol–water partition coefficient (Wildman–Crippen LogP) is 2.17. The van der Waals surface area contributed by atoms with Crippen LogP contribution in [0.25, 0.3) is 0 Å². The Labute approximate surface area is 112 Å². The molecule has 0 fully saturated rings. The summed E-state index contributed by atoms with van der Waals surface area (Å²) in [6.07, 6.45) is 1.69. The summed E-state index contributed by atoms with van der Waals surface area (Å²) in [4.78, 5) is 12.0. The van der Waals surface area contributed by atoms with E-state index >= 15 is 0 Å². The second-order valence-corrected chi connectivity index (χ2v) is 5.70. The van der Waals surface area contributed by atoms with E-state index < -0.39 is 0 Å². The van der Waals surface area contributed by atoms with Crippen molar-refractivity contribution in [2.75, 3.05) is 24.8 Å². The van der Waals surface area contributed by atoms with Crippen molar-refractivity contribution in [3.05, 3.63) is 12.3 Å². The third-order valence-electron chi connectivity index (χ3n) is 2.44. The Balaban J connectivity index is 2.50. The number of nitrogens with zero attached hydrogens (tertiary/aromatic N) is 2. The summed E-state index contributed by atoms with van der Waals surface area (Å²) >= 11 is 1.58. The van der Waals surface area contributed by atoms with Gasteiger partial charge in [-0.1, -0.05) is 0 Å². The number of anilines is 1. The molecule has 0 saturated heterocycles. The highest BCUT2D eigenvalue weighted by molar-refractivity contribution is 8.00. The van der Waals surface area contributed by atoms with Crippen LogP contribution < -0.4 is 5.32 Å². The molecule has 0 saturated carbocycles. The minimum absolute atomic E-state index is 0.00139. The van der Waals surface area contributed by atoms with Gasteiger partial charge in [0.2, 0.25) is 5.91 Å². The molecule has 0 spiro atoms. The maximum atomic E-state index is 12.0. The summed E-state index contributed by atoms with van der Waals surface area (Å²) in [5.41, 5.74) is 0. The van der Waals surface area contributed by atoms with Crippen molar-refractivity contribution < 1.29 is 9.53 Å². The Morgan fingerprint density at radius 2 is 2.28 bits per heavy atom. The van der Waals surface area contributed by atoms with Gasteiger partial charge < -0.3 is 10.1 Å². The lowest BCUT2D eigenvalue weighted by molar-refractivity contribution is -0.115. The van der Waals surface area contributed by atoms with Gasteiger partial charge in [0.25, 0.3) is 0 Å². The lowest BCUT2D eigenvalue weighted by atomic mass is 10.4. The normalized spacial score (nSPS) is 12.7. The summed E-state index contributed by atoms with van der Waals surface area (Å²) in [5.74, 6) is 1.56. The van der Waals surface area contributed by atoms with Gasteiger partial charge in [0.1, 0.15) is 5.82 Å². The van der Waals surface area contributed by atoms with Gasteiger partial charge in [-0.2, -0.15) is 5.10 Å². The molecule has 18 heavy (non-hydrogen) atoms. The first-order chi connectivity index (χ1) is 8.56. The van der Waals surface area contributed by atoms with Gasteiger partial charge in [0.05, 0.1) is 18.1 Å². The minimum atomic E-state index is -0.101.